The highest BCUT2D eigenvalue weighted by Gasteiger charge is 2.31. The minimum Gasteiger partial charge on any atom is -0.335 e. The number of aromatic nitrogens is 2. The largest absolute Gasteiger partial charge is 0.335 e. The van der Waals surface area contributed by atoms with Gasteiger partial charge in [-0.15, -0.1) is 0 Å². The molecule has 1 aliphatic rings. The monoisotopic (exact) mass is 385 g/mol. The van der Waals surface area contributed by atoms with Gasteiger partial charge in [0.15, 0.2) is 0 Å². The second-order valence-electron chi connectivity index (χ2n) is 6.00. The number of anilines is 2. The molecule has 7 heteroatoms. The molecule has 0 spiro atoms. The van der Waals surface area contributed by atoms with Gasteiger partial charge in [-0.1, -0.05) is 23.7 Å². The number of rotatable bonds is 3. The summed E-state index contributed by atoms with van der Waals surface area (Å²) in [4.78, 5) is 20.1. The van der Waals surface area contributed by atoms with Gasteiger partial charge in [-0.3, -0.25) is 9.69 Å². The quantitative estimate of drug-likeness (QED) is 0.682. The summed E-state index contributed by atoms with van der Waals surface area (Å²) < 4.78 is 14.8. The Labute approximate surface area is 158 Å². The van der Waals surface area contributed by atoms with Crippen LogP contribution in [0.25, 0.3) is 0 Å². The first-order valence-electron chi connectivity index (χ1n) is 8.17. The molecule has 0 bridgehead atoms. The Morgan fingerprint density at radius 1 is 1.15 bits per heavy atom. The van der Waals surface area contributed by atoms with Crippen LogP contribution in [-0.4, -0.2) is 19.7 Å². The zero-order valence-electron chi connectivity index (χ0n) is 14.1. The highest BCUT2D eigenvalue weighted by Crippen LogP contribution is 2.43. The van der Waals surface area contributed by atoms with Crippen LogP contribution in [0.5, 0.6) is 0 Å². The zero-order valence-corrected chi connectivity index (χ0v) is 15.6. The summed E-state index contributed by atoms with van der Waals surface area (Å²) >= 11 is 6.15. The first-order chi connectivity index (χ1) is 12.6. The molecular formula is C19H16ClN3O2S. The average Bonchev–Trinajstić information content (AvgIpc) is 3.05. The fourth-order valence-corrected chi connectivity index (χ4v) is 4.59. The van der Waals surface area contributed by atoms with Crippen LogP contribution in [0, 0.1) is 6.92 Å². The second kappa shape index (κ2) is 6.70. The van der Waals surface area contributed by atoms with Crippen LogP contribution < -0.4 is 4.90 Å². The average molecular weight is 386 g/mol. The standard InChI is InChI=1S/C19H16ClN3O2S/c1-13-21-9-11-22(13)10-8-19(24)23-15-4-2-3-5-17(15)26(25)18-7-6-14(20)12-16(18)23/h2-7,9,11-12H,8,10H2,1H3. The summed E-state index contributed by atoms with van der Waals surface area (Å²) in [5, 5.41) is 0.503. The molecule has 0 radical (unpaired) electrons. The lowest BCUT2D eigenvalue weighted by Gasteiger charge is -2.31. The maximum atomic E-state index is 13.1. The van der Waals surface area contributed by atoms with Crippen molar-refractivity contribution in [3.63, 3.8) is 0 Å². The highest BCUT2D eigenvalue weighted by atomic mass is 35.5. The van der Waals surface area contributed by atoms with E-state index in [0.717, 1.165) is 5.82 Å². The fourth-order valence-electron chi connectivity index (χ4n) is 3.11. The Balaban J connectivity index is 1.74. The molecule has 0 saturated carbocycles. The van der Waals surface area contributed by atoms with Crippen molar-refractivity contribution in [1.29, 1.82) is 0 Å². The van der Waals surface area contributed by atoms with E-state index in [2.05, 4.69) is 4.98 Å². The number of hydrogen-bond acceptors (Lipinski definition) is 3. The number of benzene rings is 2. The molecule has 1 aromatic heterocycles. The van der Waals surface area contributed by atoms with Crippen molar-refractivity contribution in [2.45, 2.75) is 29.7 Å². The van der Waals surface area contributed by atoms with E-state index in [1.54, 1.807) is 35.4 Å². The van der Waals surface area contributed by atoms with Gasteiger partial charge in [-0.05, 0) is 37.3 Å². The molecule has 3 aromatic rings. The molecule has 2 heterocycles. The molecule has 132 valence electrons. The van der Waals surface area contributed by atoms with E-state index in [1.165, 1.54) is 0 Å². The van der Waals surface area contributed by atoms with Gasteiger partial charge in [0.05, 0.1) is 32.0 Å². The number of carbonyl (C=O) groups excluding carboxylic acids is 1. The highest BCUT2D eigenvalue weighted by molar-refractivity contribution is 7.85. The lowest BCUT2D eigenvalue weighted by Crippen LogP contribution is -2.31. The Bertz CT molecular complexity index is 1030. The molecule has 0 aliphatic carbocycles. The van der Waals surface area contributed by atoms with Gasteiger partial charge in [-0.25, -0.2) is 9.19 Å². The topological polar surface area (TPSA) is 55.2 Å². The Kier molecular flexibility index (Phi) is 4.38. The predicted molar refractivity (Wildman–Crippen MR) is 101 cm³/mol. The second-order valence-corrected chi connectivity index (χ2v) is 7.85. The van der Waals surface area contributed by atoms with Crippen LogP contribution in [-0.2, 0) is 22.1 Å². The van der Waals surface area contributed by atoms with Gasteiger partial charge in [0.25, 0.3) is 0 Å². The van der Waals surface area contributed by atoms with Crippen LogP contribution in [0.2, 0.25) is 5.02 Å². The van der Waals surface area contributed by atoms with Crippen molar-refractivity contribution >= 4 is 39.7 Å². The summed E-state index contributed by atoms with van der Waals surface area (Å²) in [5.41, 5.74) is 1.23. The smallest absolute Gasteiger partial charge is 0.233 e. The van der Waals surface area contributed by atoms with E-state index in [4.69, 9.17) is 11.6 Å². The van der Waals surface area contributed by atoms with Gasteiger partial charge in [0, 0.05) is 30.4 Å². The summed E-state index contributed by atoms with van der Waals surface area (Å²) in [6.07, 6.45) is 3.87. The maximum absolute atomic E-state index is 13.1. The number of nitrogens with zero attached hydrogens (tertiary/aromatic N) is 3. The normalized spacial score (nSPS) is 15.5. The van der Waals surface area contributed by atoms with Crippen molar-refractivity contribution < 1.29 is 9.00 Å². The number of imidazole rings is 1. The lowest BCUT2D eigenvalue weighted by molar-refractivity contribution is -0.118. The number of fused-ring (bicyclic) bond motifs is 2. The molecule has 0 saturated heterocycles. The predicted octanol–water partition coefficient (Wildman–Crippen LogP) is 4.08. The molecule has 0 N–H and O–H groups in total. The third-order valence-corrected chi connectivity index (χ3v) is 6.13. The molecule has 4 rings (SSSR count). The molecule has 1 amide bonds. The van der Waals surface area contributed by atoms with E-state index in [-0.39, 0.29) is 5.91 Å². The van der Waals surface area contributed by atoms with E-state index >= 15 is 0 Å². The summed E-state index contributed by atoms with van der Waals surface area (Å²) in [6, 6.07) is 12.4. The van der Waals surface area contributed by atoms with Crippen LogP contribution >= 0.6 is 11.6 Å². The lowest BCUT2D eigenvalue weighted by atomic mass is 10.2. The number of amides is 1. The molecular weight excluding hydrogens is 370 g/mol. The molecule has 2 aromatic carbocycles. The molecule has 1 atom stereocenters. The Hall–Kier alpha value is -2.44. The molecule has 0 fully saturated rings. The van der Waals surface area contributed by atoms with Gasteiger partial charge in [0.1, 0.15) is 5.82 Å². The van der Waals surface area contributed by atoms with Gasteiger partial charge >= 0.3 is 0 Å². The third kappa shape index (κ3) is 2.85. The number of hydrogen-bond donors (Lipinski definition) is 0. The van der Waals surface area contributed by atoms with Crippen molar-refractivity contribution in [2.24, 2.45) is 0 Å². The Morgan fingerprint density at radius 3 is 2.69 bits per heavy atom. The Morgan fingerprint density at radius 2 is 1.92 bits per heavy atom. The number of para-hydroxylation sites is 1. The number of carbonyl (C=O) groups is 1. The number of aryl methyl sites for hydroxylation is 2. The van der Waals surface area contributed by atoms with E-state index < -0.39 is 10.8 Å². The third-order valence-electron chi connectivity index (χ3n) is 4.41. The summed E-state index contributed by atoms with van der Waals surface area (Å²) in [7, 11) is -1.34. The van der Waals surface area contributed by atoms with Gasteiger partial charge in [-0.2, -0.15) is 0 Å². The SMILES string of the molecule is Cc1nccn1CCC(=O)N1c2ccccc2S(=O)c2ccc(Cl)cc21. The molecule has 5 nitrogen and oxygen atoms in total. The molecule has 1 unspecified atom stereocenters. The van der Waals surface area contributed by atoms with Crippen molar-refractivity contribution in [1.82, 2.24) is 9.55 Å². The summed E-state index contributed by atoms with van der Waals surface area (Å²) in [6.45, 7) is 2.43. The van der Waals surface area contributed by atoms with Gasteiger partial charge < -0.3 is 4.57 Å². The van der Waals surface area contributed by atoms with Crippen molar-refractivity contribution in [3.05, 3.63) is 65.7 Å². The van der Waals surface area contributed by atoms with E-state index in [9.17, 15) is 9.00 Å². The van der Waals surface area contributed by atoms with Crippen LogP contribution in [0.1, 0.15) is 12.2 Å². The maximum Gasteiger partial charge on any atom is 0.233 e. The first kappa shape index (κ1) is 17.0. The van der Waals surface area contributed by atoms with Crippen molar-refractivity contribution in [2.75, 3.05) is 4.90 Å². The van der Waals surface area contributed by atoms with Crippen molar-refractivity contribution in [3.8, 4) is 0 Å². The van der Waals surface area contributed by atoms with Gasteiger partial charge in [0.2, 0.25) is 5.91 Å². The summed E-state index contributed by atoms with van der Waals surface area (Å²) in [5.74, 6) is 0.784. The molecule has 26 heavy (non-hydrogen) atoms. The van der Waals surface area contributed by atoms with Crippen LogP contribution in [0.4, 0.5) is 11.4 Å². The van der Waals surface area contributed by atoms with Crippen LogP contribution in [0.15, 0.2) is 64.6 Å². The number of halogens is 1. The first-order valence-corrected chi connectivity index (χ1v) is 9.70. The minimum atomic E-state index is -1.34. The van der Waals surface area contributed by atoms with E-state index in [0.29, 0.717) is 39.2 Å². The van der Waals surface area contributed by atoms with Crippen LogP contribution in [0.3, 0.4) is 0 Å². The minimum absolute atomic E-state index is 0.0780. The molecule has 1 aliphatic heterocycles. The zero-order chi connectivity index (χ0) is 18.3. The fraction of sp³-hybridized carbons (Fsp3) is 0.158. The van der Waals surface area contributed by atoms with E-state index in [1.807, 2.05) is 35.9 Å².